The largest absolute Gasteiger partial charge is 0.373 e. The molecule has 5 rings (SSSR count). The molecule has 2 aromatic carbocycles. The minimum atomic E-state index is -0.795. The van der Waals surface area contributed by atoms with Crippen molar-refractivity contribution in [3.8, 4) is 11.1 Å². The molecule has 1 saturated heterocycles. The summed E-state index contributed by atoms with van der Waals surface area (Å²) in [4.78, 5) is 30.9. The lowest BCUT2D eigenvalue weighted by Gasteiger charge is -2.23. The molecule has 3 aromatic rings. The van der Waals surface area contributed by atoms with Crippen molar-refractivity contribution in [2.45, 2.75) is 44.9 Å². The van der Waals surface area contributed by atoms with Gasteiger partial charge in [-0.2, -0.15) is 0 Å². The first-order valence-corrected chi connectivity index (χ1v) is 10.8. The maximum atomic E-state index is 13.4. The molecule has 1 aliphatic carbocycles. The van der Waals surface area contributed by atoms with Crippen molar-refractivity contribution in [3.05, 3.63) is 65.6 Å². The van der Waals surface area contributed by atoms with E-state index in [2.05, 4.69) is 4.98 Å². The first kappa shape index (κ1) is 20.6. The molecule has 1 saturated carbocycles. The summed E-state index contributed by atoms with van der Waals surface area (Å²) in [6.07, 6.45) is 3.40. The number of hydrogen-bond acceptors (Lipinski definition) is 4. The van der Waals surface area contributed by atoms with Gasteiger partial charge in [0.15, 0.2) is 0 Å². The fraction of sp³-hybridized carbons (Fsp3) is 0.320. The van der Waals surface area contributed by atoms with Crippen molar-refractivity contribution in [2.75, 3.05) is 0 Å². The van der Waals surface area contributed by atoms with E-state index in [1.54, 1.807) is 23.1 Å². The average molecular weight is 433 g/mol. The van der Waals surface area contributed by atoms with Gasteiger partial charge in [-0.3, -0.25) is 9.59 Å². The Bertz CT molecular complexity index is 1220. The van der Waals surface area contributed by atoms with Crippen LogP contribution in [0.1, 0.15) is 48.2 Å². The van der Waals surface area contributed by atoms with Crippen LogP contribution in [0.3, 0.4) is 0 Å². The Morgan fingerprint density at radius 2 is 1.88 bits per heavy atom. The lowest BCUT2D eigenvalue weighted by molar-refractivity contribution is -0.140. The van der Waals surface area contributed by atoms with Crippen molar-refractivity contribution >= 4 is 22.7 Å². The molecule has 2 fully saturated rings. The molecule has 2 aliphatic rings. The SMILES string of the molecule is NC(=O)c1cc(-c2ccc(F)cc2)c2ccc(CN3C(=O)C4(CCCC4)CC3O)cc2n1. The van der Waals surface area contributed by atoms with Crippen LogP contribution in [0.4, 0.5) is 4.39 Å². The number of aromatic nitrogens is 1. The molecular weight excluding hydrogens is 409 g/mol. The van der Waals surface area contributed by atoms with Crippen molar-refractivity contribution < 1.29 is 19.1 Å². The first-order chi connectivity index (χ1) is 15.4. The standard InChI is InChI=1S/C25H24FN3O3/c26-17-6-4-16(5-7-17)19-12-21(23(27)31)28-20-11-15(3-8-18(19)20)14-29-22(30)13-25(24(29)32)9-1-2-10-25/h3-8,11-12,22,30H,1-2,9-10,13-14H2,(H2,27,31). The number of pyridine rings is 1. The zero-order chi connectivity index (χ0) is 22.5. The van der Waals surface area contributed by atoms with Gasteiger partial charge in [-0.25, -0.2) is 9.37 Å². The zero-order valence-corrected chi connectivity index (χ0v) is 17.6. The molecule has 1 unspecified atom stereocenters. The number of primary amides is 1. The first-order valence-electron chi connectivity index (χ1n) is 10.8. The fourth-order valence-corrected chi connectivity index (χ4v) is 5.20. The van der Waals surface area contributed by atoms with Crippen LogP contribution in [0.25, 0.3) is 22.0 Å². The van der Waals surface area contributed by atoms with E-state index < -0.39 is 17.6 Å². The summed E-state index contributed by atoms with van der Waals surface area (Å²) >= 11 is 0. The van der Waals surface area contributed by atoms with E-state index in [0.717, 1.165) is 47.8 Å². The Morgan fingerprint density at radius 1 is 1.16 bits per heavy atom. The number of nitrogens with two attached hydrogens (primary N) is 1. The van der Waals surface area contributed by atoms with Gasteiger partial charge in [0.25, 0.3) is 5.91 Å². The third-order valence-corrected chi connectivity index (χ3v) is 6.84. The number of amides is 2. The molecule has 1 atom stereocenters. The van der Waals surface area contributed by atoms with E-state index >= 15 is 0 Å². The number of aliphatic hydroxyl groups is 1. The topological polar surface area (TPSA) is 96.5 Å². The van der Waals surface area contributed by atoms with E-state index in [4.69, 9.17) is 5.73 Å². The number of hydrogen-bond donors (Lipinski definition) is 2. The number of nitrogens with zero attached hydrogens (tertiary/aromatic N) is 2. The minimum absolute atomic E-state index is 0.0217. The van der Waals surface area contributed by atoms with Crippen LogP contribution in [0.2, 0.25) is 0 Å². The van der Waals surface area contributed by atoms with Crippen LogP contribution in [-0.4, -0.2) is 33.0 Å². The van der Waals surface area contributed by atoms with Crippen LogP contribution in [0.15, 0.2) is 48.5 Å². The molecular formula is C25H24FN3O3. The zero-order valence-electron chi connectivity index (χ0n) is 17.6. The molecule has 2 heterocycles. The summed E-state index contributed by atoms with van der Waals surface area (Å²) in [5, 5.41) is 11.4. The Labute approximate surface area is 184 Å². The van der Waals surface area contributed by atoms with Crippen LogP contribution in [0.5, 0.6) is 0 Å². The molecule has 1 spiro atoms. The molecule has 1 aromatic heterocycles. The second kappa shape index (κ2) is 7.67. The highest BCUT2D eigenvalue weighted by molar-refractivity contribution is 6.01. The van der Waals surface area contributed by atoms with Gasteiger partial charge in [0.05, 0.1) is 10.9 Å². The predicted molar refractivity (Wildman–Crippen MR) is 118 cm³/mol. The van der Waals surface area contributed by atoms with Gasteiger partial charge in [0.1, 0.15) is 17.7 Å². The highest BCUT2D eigenvalue weighted by Crippen LogP contribution is 2.48. The van der Waals surface area contributed by atoms with E-state index in [-0.39, 0.29) is 24.0 Å². The number of fused-ring (bicyclic) bond motifs is 1. The van der Waals surface area contributed by atoms with Crippen molar-refractivity contribution in [1.82, 2.24) is 9.88 Å². The number of benzene rings is 2. The smallest absolute Gasteiger partial charge is 0.267 e. The third kappa shape index (κ3) is 3.42. The van der Waals surface area contributed by atoms with E-state index in [0.29, 0.717) is 11.9 Å². The number of carbonyl (C=O) groups excluding carboxylic acids is 2. The Balaban J connectivity index is 1.53. The fourth-order valence-electron chi connectivity index (χ4n) is 5.20. The third-order valence-electron chi connectivity index (χ3n) is 6.84. The summed E-state index contributed by atoms with van der Waals surface area (Å²) in [5.74, 6) is -0.985. The Morgan fingerprint density at radius 3 is 2.56 bits per heavy atom. The maximum absolute atomic E-state index is 13.4. The predicted octanol–water partition coefficient (Wildman–Crippen LogP) is 3.75. The molecule has 7 heteroatoms. The summed E-state index contributed by atoms with van der Waals surface area (Å²) in [7, 11) is 0. The Kier molecular flexibility index (Phi) is 4.93. The van der Waals surface area contributed by atoms with Gasteiger partial charge >= 0.3 is 0 Å². The summed E-state index contributed by atoms with van der Waals surface area (Å²) in [6, 6.07) is 13.2. The number of rotatable bonds is 4. The highest BCUT2D eigenvalue weighted by atomic mass is 19.1. The summed E-state index contributed by atoms with van der Waals surface area (Å²) in [6.45, 7) is 0.270. The number of halogens is 1. The molecule has 3 N–H and O–H groups in total. The van der Waals surface area contributed by atoms with Gasteiger partial charge in [-0.1, -0.05) is 37.1 Å². The van der Waals surface area contributed by atoms with Gasteiger partial charge in [-0.15, -0.1) is 0 Å². The Hall–Kier alpha value is -3.32. The van der Waals surface area contributed by atoms with E-state index in [1.165, 1.54) is 12.1 Å². The second-order valence-electron chi connectivity index (χ2n) is 8.88. The monoisotopic (exact) mass is 433 g/mol. The minimum Gasteiger partial charge on any atom is -0.373 e. The second-order valence-corrected chi connectivity index (χ2v) is 8.88. The average Bonchev–Trinajstić information content (AvgIpc) is 3.34. The van der Waals surface area contributed by atoms with Gasteiger partial charge in [0.2, 0.25) is 5.91 Å². The quantitative estimate of drug-likeness (QED) is 0.655. The number of carbonyl (C=O) groups is 2. The molecule has 2 amide bonds. The van der Waals surface area contributed by atoms with Gasteiger partial charge in [0, 0.05) is 18.4 Å². The molecule has 164 valence electrons. The van der Waals surface area contributed by atoms with Gasteiger partial charge < -0.3 is 15.7 Å². The normalized spacial score (nSPS) is 19.9. The lowest BCUT2D eigenvalue weighted by atomic mass is 9.84. The summed E-state index contributed by atoms with van der Waals surface area (Å²) in [5.41, 5.74) is 8.01. The molecule has 32 heavy (non-hydrogen) atoms. The van der Waals surface area contributed by atoms with Crippen molar-refractivity contribution in [1.29, 1.82) is 0 Å². The number of likely N-dealkylation sites (tertiary alicyclic amines) is 1. The van der Waals surface area contributed by atoms with E-state index in [9.17, 15) is 19.1 Å². The van der Waals surface area contributed by atoms with Gasteiger partial charge in [-0.05, 0) is 53.8 Å². The molecule has 0 radical (unpaired) electrons. The van der Waals surface area contributed by atoms with Crippen LogP contribution in [0, 0.1) is 11.2 Å². The van der Waals surface area contributed by atoms with Crippen LogP contribution >= 0.6 is 0 Å². The van der Waals surface area contributed by atoms with Crippen molar-refractivity contribution in [2.24, 2.45) is 11.1 Å². The molecule has 0 bridgehead atoms. The van der Waals surface area contributed by atoms with E-state index in [1.807, 2.05) is 18.2 Å². The summed E-state index contributed by atoms with van der Waals surface area (Å²) < 4.78 is 13.4. The molecule has 1 aliphatic heterocycles. The molecule has 6 nitrogen and oxygen atoms in total. The van der Waals surface area contributed by atoms with Crippen LogP contribution in [-0.2, 0) is 11.3 Å². The lowest BCUT2D eigenvalue weighted by Crippen LogP contribution is -2.35. The highest BCUT2D eigenvalue weighted by Gasteiger charge is 2.52. The number of aliphatic hydroxyl groups excluding tert-OH is 1. The van der Waals surface area contributed by atoms with Crippen LogP contribution < -0.4 is 5.73 Å². The maximum Gasteiger partial charge on any atom is 0.267 e. The van der Waals surface area contributed by atoms with Crippen molar-refractivity contribution in [3.63, 3.8) is 0 Å².